The summed E-state index contributed by atoms with van der Waals surface area (Å²) >= 11 is 0. The molecule has 1 unspecified atom stereocenters. The first-order chi connectivity index (χ1) is 7.62. The van der Waals surface area contributed by atoms with Crippen molar-refractivity contribution in [3.63, 3.8) is 0 Å². The molecule has 0 N–H and O–H groups in total. The van der Waals surface area contributed by atoms with Gasteiger partial charge in [-0.3, -0.25) is 9.69 Å². The summed E-state index contributed by atoms with van der Waals surface area (Å²) in [6.07, 6.45) is 4.17. The third-order valence-electron chi connectivity index (χ3n) is 4.02. The van der Waals surface area contributed by atoms with Crippen LogP contribution in [0.15, 0.2) is 0 Å². The molecule has 0 aromatic carbocycles. The van der Waals surface area contributed by atoms with Crippen LogP contribution in [0.1, 0.15) is 39.0 Å². The van der Waals surface area contributed by atoms with E-state index in [-0.39, 0.29) is 17.8 Å². The number of hydrogen-bond acceptors (Lipinski definition) is 3. The lowest BCUT2D eigenvalue weighted by Crippen LogP contribution is -2.56. The number of likely N-dealkylation sites (tertiary alicyclic amines) is 1. The quantitative estimate of drug-likeness (QED) is 0.633. The Bertz CT molecular complexity index is 315. The van der Waals surface area contributed by atoms with E-state index in [0.717, 1.165) is 32.1 Å². The standard InChI is InChI=1S/C12H19NO3/c1-9-5-3-6-12(10(9)14)7-4-8-13(12)11(15)16-2/h9H,3-8H2,1-2H3/t9?,12-/m0/s1. The number of amides is 1. The predicted molar refractivity (Wildman–Crippen MR) is 59.1 cm³/mol. The molecule has 4 nitrogen and oxygen atoms in total. The molecule has 1 aliphatic heterocycles. The van der Waals surface area contributed by atoms with Crippen molar-refractivity contribution in [1.82, 2.24) is 4.90 Å². The van der Waals surface area contributed by atoms with Gasteiger partial charge in [0.1, 0.15) is 5.54 Å². The summed E-state index contributed by atoms with van der Waals surface area (Å²) in [5.41, 5.74) is -0.537. The molecule has 0 aromatic rings. The summed E-state index contributed by atoms with van der Waals surface area (Å²) in [7, 11) is 1.38. The molecule has 90 valence electrons. The molecule has 2 rings (SSSR count). The normalized spacial score (nSPS) is 34.5. The van der Waals surface area contributed by atoms with Gasteiger partial charge in [0.15, 0.2) is 5.78 Å². The lowest BCUT2D eigenvalue weighted by molar-refractivity contribution is -0.135. The SMILES string of the molecule is COC(=O)N1CCC[C@]12CCCC(C)C2=O. The Kier molecular flexibility index (Phi) is 2.91. The average Bonchev–Trinajstić information content (AvgIpc) is 2.70. The molecular weight excluding hydrogens is 206 g/mol. The number of carbonyl (C=O) groups excluding carboxylic acids is 2. The average molecular weight is 225 g/mol. The number of hydrogen-bond donors (Lipinski definition) is 0. The minimum absolute atomic E-state index is 0.0824. The van der Waals surface area contributed by atoms with Crippen molar-refractivity contribution in [2.75, 3.05) is 13.7 Å². The fraction of sp³-hybridized carbons (Fsp3) is 0.833. The second-order valence-electron chi connectivity index (χ2n) is 4.91. The number of Topliss-reactive ketones (excluding diaryl/α,β-unsaturated/α-hetero) is 1. The van der Waals surface area contributed by atoms with Crippen molar-refractivity contribution in [2.45, 2.75) is 44.6 Å². The molecule has 2 aliphatic rings. The van der Waals surface area contributed by atoms with E-state index in [1.807, 2.05) is 6.92 Å². The molecule has 0 bridgehead atoms. The van der Waals surface area contributed by atoms with Crippen LogP contribution >= 0.6 is 0 Å². The molecule has 1 saturated heterocycles. The van der Waals surface area contributed by atoms with Crippen molar-refractivity contribution in [2.24, 2.45) is 5.92 Å². The molecule has 4 heteroatoms. The highest BCUT2D eigenvalue weighted by Crippen LogP contribution is 2.41. The first-order valence-corrected chi connectivity index (χ1v) is 6.02. The first kappa shape index (κ1) is 11.4. The van der Waals surface area contributed by atoms with Crippen LogP contribution in [0.2, 0.25) is 0 Å². The van der Waals surface area contributed by atoms with Crippen LogP contribution in [0.4, 0.5) is 4.79 Å². The fourth-order valence-electron chi connectivity index (χ4n) is 3.18. The lowest BCUT2D eigenvalue weighted by Gasteiger charge is -2.41. The minimum Gasteiger partial charge on any atom is -0.453 e. The van der Waals surface area contributed by atoms with Gasteiger partial charge in [-0.2, -0.15) is 0 Å². The predicted octanol–water partition coefficient (Wildman–Crippen LogP) is 1.98. The maximum atomic E-state index is 12.3. The highest BCUT2D eigenvalue weighted by atomic mass is 16.5. The number of carbonyl (C=O) groups is 2. The van der Waals surface area contributed by atoms with Gasteiger partial charge in [-0.05, 0) is 32.1 Å². The van der Waals surface area contributed by atoms with E-state index < -0.39 is 5.54 Å². The van der Waals surface area contributed by atoms with Gasteiger partial charge in [0.05, 0.1) is 7.11 Å². The molecule has 16 heavy (non-hydrogen) atoms. The summed E-state index contributed by atoms with van der Waals surface area (Å²) in [5.74, 6) is 0.320. The Labute approximate surface area is 95.9 Å². The second kappa shape index (κ2) is 4.07. The van der Waals surface area contributed by atoms with E-state index in [0.29, 0.717) is 6.54 Å². The second-order valence-corrected chi connectivity index (χ2v) is 4.91. The van der Waals surface area contributed by atoms with Crippen LogP contribution < -0.4 is 0 Å². The Morgan fingerprint density at radius 1 is 1.44 bits per heavy atom. The van der Waals surface area contributed by atoms with Crippen LogP contribution in [0.5, 0.6) is 0 Å². The van der Waals surface area contributed by atoms with E-state index >= 15 is 0 Å². The molecule has 1 heterocycles. The highest BCUT2D eigenvalue weighted by molar-refractivity contribution is 5.94. The molecule has 0 aromatic heterocycles. The highest BCUT2D eigenvalue weighted by Gasteiger charge is 2.52. The van der Waals surface area contributed by atoms with Gasteiger partial charge in [-0.1, -0.05) is 6.92 Å². The van der Waals surface area contributed by atoms with E-state index in [2.05, 4.69) is 0 Å². The molecule has 2 atom stereocenters. The zero-order valence-corrected chi connectivity index (χ0v) is 9.99. The molecule has 1 aliphatic carbocycles. The third-order valence-corrected chi connectivity index (χ3v) is 4.02. The van der Waals surface area contributed by atoms with Gasteiger partial charge >= 0.3 is 6.09 Å². The summed E-state index contributed by atoms with van der Waals surface area (Å²) in [5, 5.41) is 0. The van der Waals surface area contributed by atoms with E-state index in [9.17, 15) is 9.59 Å². The number of methoxy groups -OCH3 is 1. The van der Waals surface area contributed by atoms with Gasteiger partial charge in [0.25, 0.3) is 0 Å². The van der Waals surface area contributed by atoms with Crippen LogP contribution in [0.25, 0.3) is 0 Å². The zero-order valence-electron chi connectivity index (χ0n) is 9.99. The van der Waals surface area contributed by atoms with Crippen molar-refractivity contribution in [3.8, 4) is 0 Å². The van der Waals surface area contributed by atoms with Gasteiger partial charge in [0.2, 0.25) is 0 Å². The minimum atomic E-state index is -0.537. The number of nitrogens with zero attached hydrogens (tertiary/aromatic N) is 1. The largest absolute Gasteiger partial charge is 0.453 e. The summed E-state index contributed by atoms with van der Waals surface area (Å²) in [4.78, 5) is 25.7. The molecular formula is C12H19NO3. The van der Waals surface area contributed by atoms with Gasteiger partial charge < -0.3 is 4.74 Å². The maximum absolute atomic E-state index is 12.3. The molecule has 0 radical (unpaired) electrons. The third kappa shape index (κ3) is 1.51. The van der Waals surface area contributed by atoms with Crippen LogP contribution in [-0.4, -0.2) is 36.0 Å². The van der Waals surface area contributed by atoms with Gasteiger partial charge in [-0.15, -0.1) is 0 Å². The Hall–Kier alpha value is -1.06. The van der Waals surface area contributed by atoms with E-state index in [1.165, 1.54) is 7.11 Å². The van der Waals surface area contributed by atoms with Crippen molar-refractivity contribution < 1.29 is 14.3 Å². The maximum Gasteiger partial charge on any atom is 0.410 e. The van der Waals surface area contributed by atoms with Crippen molar-refractivity contribution in [1.29, 1.82) is 0 Å². The van der Waals surface area contributed by atoms with Crippen molar-refractivity contribution >= 4 is 11.9 Å². The lowest BCUT2D eigenvalue weighted by atomic mass is 9.74. The number of ether oxygens (including phenoxy) is 1. The molecule has 1 saturated carbocycles. The van der Waals surface area contributed by atoms with Gasteiger partial charge in [0, 0.05) is 12.5 Å². The van der Waals surface area contributed by atoms with E-state index in [4.69, 9.17) is 4.74 Å². The Morgan fingerprint density at radius 3 is 2.81 bits per heavy atom. The number of rotatable bonds is 0. The Balaban J connectivity index is 2.27. The van der Waals surface area contributed by atoms with Crippen LogP contribution in [0, 0.1) is 5.92 Å². The smallest absolute Gasteiger partial charge is 0.410 e. The summed E-state index contributed by atoms with van der Waals surface area (Å²) in [6, 6.07) is 0. The van der Waals surface area contributed by atoms with Crippen LogP contribution in [0.3, 0.4) is 0 Å². The molecule has 1 amide bonds. The zero-order chi connectivity index (χ0) is 11.8. The topological polar surface area (TPSA) is 46.6 Å². The summed E-state index contributed by atoms with van der Waals surface area (Å²) in [6.45, 7) is 2.63. The van der Waals surface area contributed by atoms with E-state index in [1.54, 1.807) is 4.90 Å². The summed E-state index contributed by atoms with van der Waals surface area (Å²) < 4.78 is 4.78. The fourth-order valence-corrected chi connectivity index (χ4v) is 3.18. The number of ketones is 1. The van der Waals surface area contributed by atoms with Crippen LogP contribution in [-0.2, 0) is 9.53 Å². The first-order valence-electron chi connectivity index (χ1n) is 6.02. The Morgan fingerprint density at radius 2 is 2.12 bits per heavy atom. The van der Waals surface area contributed by atoms with Crippen molar-refractivity contribution in [3.05, 3.63) is 0 Å². The molecule has 1 spiro atoms. The monoisotopic (exact) mass is 225 g/mol. The van der Waals surface area contributed by atoms with Gasteiger partial charge in [-0.25, -0.2) is 4.79 Å². The molecule has 2 fully saturated rings.